The van der Waals surface area contributed by atoms with Crippen molar-refractivity contribution in [3.8, 4) is 17.1 Å². The second-order valence-electron chi connectivity index (χ2n) is 5.09. The Balaban J connectivity index is 2.65. The van der Waals surface area contributed by atoms with E-state index in [9.17, 15) is 4.79 Å². The zero-order valence-electron chi connectivity index (χ0n) is 12.0. The number of methoxy groups -OCH3 is 1. The van der Waals surface area contributed by atoms with E-state index in [4.69, 9.17) is 16.3 Å². The normalized spacial score (nSPS) is 11.0. The van der Waals surface area contributed by atoms with E-state index in [1.807, 2.05) is 22.6 Å². The molecule has 1 aromatic heterocycles. The SMILES string of the molecule is COc1cccc(Cl)c1-c1nc(CC(C)C)c(I)c(=O)[nH]1. The quantitative estimate of drug-likeness (QED) is 0.766. The van der Waals surface area contributed by atoms with Crippen LogP contribution < -0.4 is 10.3 Å². The highest BCUT2D eigenvalue weighted by Gasteiger charge is 2.16. The number of hydrogen-bond donors (Lipinski definition) is 1. The van der Waals surface area contributed by atoms with Crippen molar-refractivity contribution in [1.82, 2.24) is 9.97 Å². The van der Waals surface area contributed by atoms with Crippen molar-refractivity contribution < 1.29 is 4.74 Å². The summed E-state index contributed by atoms with van der Waals surface area (Å²) in [5, 5.41) is 0.495. The fourth-order valence-corrected chi connectivity index (χ4v) is 2.78. The molecule has 112 valence electrons. The van der Waals surface area contributed by atoms with Gasteiger partial charge in [-0.25, -0.2) is 4.98 Å². The molecule has 0 radical (unpaired) electrons. The van der Waals surface area contributed by atoms with Crippen molar-refractivity contribution in [2.75, 3.05) is 7.11 Å². The predicted octanol–water partition coefficient (Wildman–Crippen LogP) is 3.90. The van der Waals surface area contributed by atoms with E-state index < -0.39 is 0 Å². The number of hydrogen-bond acceptors (Lipinski definition) is 3. The second-order valence-corrected chi connectivity index (χ2v) is 6.58. The third-order valence-corrected chi connectivity index (χ3v) is 4.39. The maximum absolute atomic E-state index is 12.1. The van der Waals surface area contributed by atoms with Gasteiger partial charge in [-0.2, -0.15) is 0 Å². The summed E-state index contributed by atoms with van der Waals surface area (Å²) >= 11 is 8.28. The molecule has 0 amide bonds. The number of ether oxygens (including phenoxy) is 1. The van der Waals surface area contributed by atoms with Crippen LogP contribution in [0, 0.1) is 9.49 Å². The van der Waals surface area contributed by atoms with Gasteiger partial charge in [0.1, 0.15) is 11.6 Å². The minimum atomic E-state index is -0.154. The number of rotatable bonds is 4. The maximum atomic E-state index is 12.1. The van der Waals surface area contributed by atoms with Gasteiger partial charge in [-0.15, -0.1) is 0 Å². The molecule has 2 rings (SSSR count). The monoisotopic (exact) mass is 418 g/mol. The van der Waals surface area contributed by atoms with Crippen LogP contribution in [0.3, 0.4) is 0 Å². The summed E-state index contributed by atoms with van der Waals surface area (Å²) in [5.41, 5.74) is 1.24. The molecule has 0 aliphatic carbocycles. The summed E-state index contributed by atoms with van der Waals surface area (Å²) in [7, 11) is 1.56. The lowest BCUT2D eigenvalue weighted by atomic mass is 10.1. The lowest BCUT2D eigenvalue weighted by Crippen LogP contribution is -2.17. The molecule has 0 saturated heterocycles. The van der Waals surface area contributed by atoms with Crippen molar-refractivity contribution in [2.24, 2.45) is 5.92 Å². The first-order chi connectivity index (χ1) is 9.93. The van der Waals surface area contributed by atoms with E-state index in [1.54, 1.807) is 25.3 Å². The number of H-pyrrole nitrogens is 1. The van der Waals surface area contributed by atoms with E-state index in [1.165, 1.54) is 0 Å². The molecular weight excluding hydrogens is 403 g/mol. The Morgan fingerprint density at radius 2 is 2.14 bits per heavy atom. The minimum absolute atomic E-state index is 0.154. The second kappa shape index (κ2) is 6.79. The van der Waals surface area contributed by atoms with Crippen LogP contribution in [0.5, 0.6) is 5.75 Å². The Labute approximate surface area is 142 Å². The molecule has 4 nitrogen and oxygen atoms in total. The van der Waals surface area contributed by atoms with Crippen molar-refractivity contribution in [1.29, 1.82) is 0 Å². The summed E-state index contributed by atoms with van der Waals surface area (Å²) in [4.78, 5) is 19.5. The maximum Gasteiger partial charge on any atom is 0.264 e. The number of aromatic nitrogens is 2. The lowest BCUT2D eigenvalue weighted by Gasteiger charge is -2.12. The van der Waals surface area contributed by atoms with Gasteiger partial charge >= 0.3 is 0 Å². The van der Waals surface area contributed by atoms with Crippen LogP contribution in [0.25, 0.3) is 11.4 Å². The molecule has 6 heteroatoms. The number of halogens is 2. The van der Waals surface area contributed by atoms with E-state index >= 15 is 0 Å². The standard InChI is InChI=1S/C15H16ClIN2O2/c1-8(2)7-10-13(17)15(20)19-14(18-10)12-9(16)5-4-6-11(12)21-3/h4-6,8H,7H2,1-3H3,(H,18,19,20). The highest BCUT2D eigenvalue weighted by molar-refractivity contribution is 14.1. The first kappa shape index (κ1) is 16.3. The Morgan fingerprint density at radius 3 is 2.76 bits per heavy atom. The van der Waals surface area contributed by atoms with E-state index in [-0.39, 0.29) is 5.56 Å². The Morgan fingerprint density at radius 1 is 1.43 bits per heavy atom. The number of benzene rings is 1. The van der Waals surface area contributed by atoms with Crippen LogP contribution in [-0.2, 0) is 6.42 Å². The fourth-order valence-electron chi connectivity index (χ4n) is 2.05. The van der Waals surface area contributed by atoms with Crippen LogP contribution >= 0.6 is 34.2 Å². The van der Waals surface area contributed by atoms with Gasteiger partial charge < -0.3 is 9.72 Å². The Bertz CT molecular complexity index is 713. The molecule has 0 aliphatic rings. The van der Waals surface area contributed by atoms with Crippen molar-refractivity contribution in [3.63, 3.8) is 0 Å². The molecule has 0 fully saturated rings. The lowest BCUT2D eigenvalue weighted by molar-refractivity contribution is 0.416. The molecule has 1 N–H and O–H groups in total. The van der Waals surface area contributed by atoms with Crippen molar-refractivity contribution in [3.05, 3.63) is 42.8 Å². The molecule has 0 bridgehead atoms. The van der Waals surface area contributed by atoms with Crippen LogP contribution in [0.1, 0.15) is 19.5 Å². The topological polar surface area (TPSA) is 55.0 Å². The smallest absolute Gasteiger partial charge is 0.264 e. The summed E-state index contributed by atoms with van der Waals surface area (Å²) in [5.74, 6) is 1.44. The van der Waals surface area contributed by atoms with Crippen LogP contribution in [0.4, 0.5) is 0 Å². The summed E-state index contributed by atoms with van der Waals surface area (Å²) < 4.78 is 5.94. The highest BCUT2D eigenvalue weighted by Crippen LogP contribution is 2.34. The highest BCUT2D eigenvalue weighted by atomic mass is 127. The minimum Gasteiger partial charge on any atom is -0.496 e. The van der Waals surface area contributed by atoms with Crippen LogP contribution in [0.2, 0.25) is 5.02 Å². The number of nitrogens with zero attached hydrogens (tertiary/aromatic N) is 1. The third kappa shape index (κ3) is 3.58. The predicted molar refractivity (Wildman–Crippen MR) is 93.1 cm³/mol. The third-order valence-electron chi connectivity index (χ3n) is 2.97. The number of aromatic amines is 1. The van der Waals surface area contributed by atoms with Crippen LogP contribution in [0.15, 0.2) is 23.0 Å². The Kier molecular flexibility index (Phi) is 5.27. The summed E-state index contributed by atoms with van der Waals surface area (Å²) in [6.45, 7) is 4.18. The molecular formula is C15H16ClIN2O2. The molecule has 1 heterocycles. The molecule has 0 saturated carbocycles. The summed E-state index contributed by atoms with van der Waals surface area (Å²) in [6, 6.07) is 5.34. The van der Waals surface area contributed by atoms with Gasteiger partial charge in [0.25, 0.3) is 5.56 Å². The van der Waals surface area contributed by atoms with Gasteiger partial charge in [-0.1, -0.05) is 31.5 Å². The molecule has 21 heavy (non-hydrogen) atoms. The van der Waals surface area contributed by atoms with E-state index in [0.717, 1.165) is 12.1 Å². The van der Waals surface area contributed by atoms with Gasteiger partial charge in [0, 0.05) is 0 Å². The largest absolute Gasteiger partial charge is 0.496 e. The Hall–Kier alpha value is -1.08. The molecule has 2 aromatic rings. The fraction of sp³-hybridized carbons (Fsp3) is 0.333. The van der Waals surface area contributed by atoms with Crippen molar-refractivity contribution >= 4 is 34.2 Å². The van der Waals surface area contributed by atoms with Crippen LogP contribution in [-0.4, -0.2) is 17.1 Å². The average molecular weight is 419 g/mol. The molecule has 0 unspecified atom stereocenters. The zero-order chi connectivity index (χ0) is 15.6. The van der Waals surface area contributed by atoms with Crippen molar-refractivity contribution in [2.45, 2.75) is 20.3 Å². The zero-order valence-corrected chi connectivity index (χ0v) is 14.9. The van der Waals surface area contributed by atoms with E-state index in [2.05, 4.69) is 23.8 Å². The molecule has 0 aliphatic heterocycles. The average Bonchev–Trinajstić information content (AvgIpc) is 2.42. The first-order valence-corrected chi connectivity index (χ1v) is 8.01. The van der Waals surface area contributed by atoms with Gasteiger partial charge in [0.15, 0.2) is 0 Å². The molecule has 0 atom stereocenters. The molecule has 0 spiro atoms. The van der Waals surface area contributed by atoms with Gasteiger partial charge in [0.2, 0.25) is 0 Å². The van der Waals surface area contributed by atoms with Gasteiger partial charge in [0.05, 0.1) is 27.0 Å². The summed E-state index contributed by atoms with van der Waals surface area (Å²) in [6.07, 6.45) is 0.738. The van der Waals surface area contributed by atoms with Gasteiger partial charge in [-0.3, -0.25) is 4.79 Å². The van der Waals surface area contributed by atoms with Gasteiger partial charge in [-0.05, 0) is 47.1 Å². The van der Waals surface area contributed by atoms with E-state index in [0.29, 0.717) is 31.6 Å². The first-order valence-electron chi connectivity index (χ1n) is 6.55. The number of nitrogens with one attached hydrogen (secondary N) is 1. The molecule has 1 aromatic carbocycles.